The topological polar surface area (TPSA) is 84.9 Å². The van der Waals surface area contributed by atoms with Gasteiger partial charge in [0, 0.05) is 36.5 Å². The maximum absolute atomic E-state index is 12.4. The van der Waals surface area contributed by atoms with Crippen LogP contribution in [0.2, 0.25) is 5.02 Å². The van der Waals surface area contributed by atoms with Crippen LogP contribution in [-0.2, 0) is 16.2 Å². The first-order valence-electron chi connectivity index (χ1n) is 9.64. The Balaban J connectivity index is 1.51. The van der Waals surface area contributed by atoms with Crippen molar-refractivity contribution in [1.82, 2.24) is 10.2 Å². The lowest BCUT2D eigenvalue weighted by atomic mass is 10.2. The first-order valence-corrected chi connectivity index (χ1v) is 10.0. The van der Waals surface area contributed by atoms with Crippen LogP contribution in [0, 0.1) is 0 Å². The quantitative estimate of drug-likeness (QED) is 0.487. The molecule has 0 unspecified atom stereocenters. The summed E-state index contributed by atoms with van der Waals surface area (Å²) in [7, 11) is 1.51. The van der Waals surface area contributed by atoms with E-state index >= 15 is 0 Å². The number of carbonyl (C=O) groups excluding carboxylic acids is 3. The highest BCUT2D eigenvalue weighted by Gasteiger charge is 2.27. The maximum atomic E-state index is 12.4. The summed E-state index contributed by atoms with van der Waals surface area (Å²) in [5, 5.41) is 3.45. The molecule has 0 spiro atoms. The molecule has 30 heavy (non-hydrogen) atoms. The van der Waals surface area contributed by atoms with E-state index in [1.54, 1.807) is 30.3 Å². The molecule has 2 aromatic carbocycles. The zero-order chi connectivity index (χ0) is 21.5. The van der Waals surface area contributed by atoms with Gasteiger partial charge in [-0.05, 0) is 42.3 Å². The van der Waals surface area contributed by atoms with Crippen molar-refractivity contribution in [3.05, 3.63) is 58.6 Å². The van der Waals surface area contributed by atoms with Crippen LogP contribution in [0.25, 0.3) is 0 Å². The van der Waals surface area contributed by atoms with Crippen LogP contribution in [0.3, 0.4) is 0 Å². The summed E-state index contributed by atoms with van der Waals surface area (Å²) in [6, 6.07) is 12.3. The van der Waals surface area contributed by atoms with Crippen molar-refractivity contribution >= 4 is 29.3 Å². The van der Waals surface area contributed by atoms with Gasteiger partial charge in [-0.1, -0.05) is 23.7 Å². The van der Waals surface area contributed by atoms with Gasteiger partial charge in [0.1, 0.15) is 6.61 Å². The molecule has 1 heterocycles. The lowest BCUT2D eigenvalue weighted by Crippen LogP contribution is -2.33. The largest absolute Gasteiger partial charge is 0.493 e. The Kier molecular flexibility index (Phi) is 7.30. The van der Waals surface area contributed by atoms with E-state index in [9.17, 15) is 14.4 Å². The van der Waals surface area contributed by atoms with Crippen molar-refractivity contribution in [3.63, 3.8) is 0 Å². The van der Waals surface area contributed by atoms with E-state index in [4.69, 9.17) is 21.1 Å². The van der Waals surface area contributed by atoms with Gasteiger partial charge >= 0.3 is 0 Å². The molecule has 7 nitrogen and oxygen atoms in total. The molecule has 2 aromatic rings. The Morgan fingerprint density at radius 2 is 1.77 bits per heavy atom. The van der Waals surface area contributed by atoms with E-state index < -0.39 is 0 Å². The molecule has 0 aromatic heterocycles. The van der Waals surface area contributed by atoms with Gasteiger partial charge in [-0.15, -0.1) is 0 Å². The molecule has 0 radical (unpaired) electrons. The average Bonchev–Trinajstić information content (AvgIpc) is 3.08. The number of likely N-dealkylation sites (tertiary alicyclic amines) is 1. The highest BCUT2D eigenvalue weighted by molar-refractivity contribution is 6.30. The van der Waals surface area contributed by atoms with Gasteiger partial charge in [0.15, 0.2) is 11.5 Å². The minimum absolute atomic E-state index is 0.148. The van der Waals surface area contributed by atoms with E-state index in [0.717, 1.165) is 5.56 Å². The van der Waals surface area contributed by atoms with Gasteiger partial charge in [-0.25, -0.2) is 0 Å². The highest BCUT2D eigenvalue weighted by atomic mass is 35.5. The number of nitrogens with zero attached hydrogens (tertiary/aromatic N) is 1. The first kappa shape index (κ1) is 21.6. The summed E-state index contributed by atoms with van der Waals surface area (Å²) in [5.74, 6) is 0.409. The Morgan fingerprint density at radius 3 is 2.43 bits per heavy atom. The van der Waals surface area contributed by atoms with E-state index in [1.807, 2.05) is 12.1 Å². The Bertz CT molecular complexity index is 914. The molecule has 1 saturated heterocycles. The predicted octanol–water partition coefficient (Wildman–Crippen LogP) is 3.20. The molecule has 1 aliphatic heterocycles. The van der Waals surface area contributed by atoms with Gasteiger partial charge in [0.05, 0.1) is 7.11 Å². The zero-order valence-corrected chi connectivity index (χ0v) is 17.4. The Labute approximate surface area is 179 Å². The Hall–Kier alpha value is -3.06. The molecule has 8 heteroatoms. The number of methoxy groups -OCH3 is 1. The predicted molar refractivity (Wildman–Crippen MR) is 112 cm³/mol. The summed E-state index contributed by atoms with van der Waals surface area (Å²) in [6.07, 6.45) is 1.05. The second kappa shape index (κ2) is 10.1. The number of rotatable bonds is 9. The lowest BCUT2D eigenvalue weighted by Gasteiger charge is -2.14. The summed E-state index contributed by atoms with van der Waals surface area (Å²) >= 11 is 5.88. The number of amides is 3. The second-order valence-corrected chi connectivity index (χ2v) is 7.27. The van der Waals surface area contributed by atoms with Crippen molar-refractivity contribution < 1.29 is 23.9 Å². The molecule has 0 atom stereocenters. The number of ether oxygens (including phenoxy) is 2. The number of hydrogen-bond acceptors (Lipinski definition) is 5. The van der Waals surface area contributed by atoms with E-state index in [-0.39, 0.29) is 30.6 Å². The van der Waals surface area contributed by atoms with Gasteiger partial charge in [-0.2, -0.15) is 0 Å². The molecule has 158 valence electrons. The number of imide groups is 1. The molecule has 0 aliphatic carbocycles. The van der Waals surface area contributed by atoms with Gasteiger partial charge in [0.2, 0.25) is 11.8 Å². The van der Waals surface area contributed by atoms with Crippen LogP contribution in [0.4, 0.5) is 0 Å². The van der Waals surface area contributed by atoms with Crippen molar-refractivity contribution in [3.8, 4) is 11.5 Å². The second-order valence-electron chi connectivity index (χ2n) is 6.83. The monoisotopic (exact) mass is 430 g/mol. The molecule has 1 aliphatic rings. The van der Waals surface area contributed by atoms with E-state index in [1.165, 1.54) is 12.0 Å². The summed E-state index contributed by atoms with van der Waals surface area (Å²) < 4.78 is 11.1. The number of carbonyl (C=O) groups is 3. The van der Waals surface area contributed by atoms with Crippen molar-refractivity contribution in [2.24, 2.45) is 0 Å². The molecular weight excluding hydrogens is 408 g/mol. The third kappa shape index (κ3) is 5.51. The van der Waals surface area contributed by atoms with Crippen molar-refractivity contribution in [2.45, 2.75) is 25.9 Å². The van der Waals surface area contributed by atoms with Gasteiger partial charge in [0.25, 0.3) is 5.91 Å². The molecular formula is C22H23ClN2O5. The molecule has 3 amide bonds. The van der Waals surface area contributed by atoms with Crippen molar-refractivity contribution in [1.29, 1.82) is 0 Å². The third-order valence-electron chi connectivity index (χ3n) is 4.73. The number of benzene rings is 2. The summed E-state index contributed by atoms with van der Waals surface area (Å²) in [4.78, 5) is 36.8. The van der Waals surface area contributed by atoms with E-state index in [2.05, 4.69) is 5.32 Å². The number of halogens is 1. The third-order valence-corrected chi connectivity index (χ3v) is 4.98. The Morgan fingerprint density at radius 1 is 1.07 bits per heavy atom. The summed E-state index contributed by atoms with van der Waals surface area (Å²) in [6.45, 7) is 1.01. The van der Waals surface area contributed by atoms with Crippen LogP contribution < -0.4 is 14.8 Å². The van der Waals surface area contributed by atoms with Crippen molar-refractivity contribution in [2.75, 3.05) is 20.2 Å². The van der Waals surface area contributed by atoms with Crippen LogP contribution in [-0.4, -0.2) is 42.8 Å². The van der Waals surface area contributed by atoms with Crippen LogP contribution in [0.5, 0.6) is 11.5 Å². The van der Waals surface area contributed by atoms with Gasteiger partial charge in [-0.3, -0.25) is 19.3 Å². The molecule has 3 rings (SSSR count). The van der Waals surface area contributed by atoms with Crippen LogP contribution in [0.15, 0.2) is 42.5 Å². The van der Waals surface area contributed by atoms with E-state index in [0.29, 0.717) is 48.2 Å². The minimum Gasteiger partial charge on any atom is -0.493 e. The SMILES string of the molecule is COc1cc(C(=O)NCCCN2C(=O)CCC2=O)ccc1OCc1ccc(Cl)cc1. The maximum Gasteiger partial charge on any atom is 0.251 e. The molecule has 1 fully saturated rings. The fourth-order valence-corrected chi connectivity index (χ4v) is 3.21. The highest BCUT2D eigenvalue weighted by Crippen LogP contribution is 2.29. The first-order chi connectivity index (χ1) is 14.5. The normalized spacial score (nSPS) is 13.5. The fourth-order valence-electron chi connectivity index (χ4n) is 3.08. The number of nitrogens with one attached hydrogen (secondary N) is 1. The van der Waals surface area contributed by atoms with Crippen LogP contribution >= 0.6 is 11.6 Å². The molecule has 1 N–H and O–H groups in total. The standard InChI is InChI=1S/C22H23ClN2O5/c1-29-19-13-16(5-8-18(19)30-14-15-3-6-17(23)7-4-15)22(28)24-11-2-12-25-20(26)9-10-21(25)27/h3-8,13H,2,9-12,14H2,1H3,(H,24,28). The molecule has 0 bridgehead atoms. The lowest BCUT2D eigenvalue weighted by molar-refractivity contribution is -0.138. The zero-order valence-electron chi connectivity index (χ0n) is 16.7. The van der Waals surface area contributed by atoms with Crippen LogP contribution in [0.1, 0.15) is 35.2 Å². The smallest absolute Gasteiger partial charge is 0.251 e. The number of hydrogen-bond donors (Lipinski definition) is 1. The van der Waals surface area contributed by atoms with Gasteiger partial charge < -0.3 is 14.8 Å². The summed E-state index contributed by atoms with van der Waals surface area (Å²) in [5.41, 5.74) is 1.39. The molecule has 0 saturated carbocycles. The fraction of sp³-hybridized carbons (Fsp3) is 0.318. The average molecular weight is 431 g/mol. The minimum atomic E-state index is -0.267.